The molecule has 1 heterocycles. The minimum atomic E-state index is -2.42. The number of rotatable bonds is 2. The van der Waals surface area contributed by atoms with Gasteiger partial charge in [0.15, 0.2) is 0 Å². The molecule has 1 aromatic heterocycles. The Morgan fingerprint density at radius 2 is 2.55 bits per heavy atom. The Morgan fingerprint density at radius 1 is 1.73 bits per heavy atom. The van der Waals surface area contributed by atoms with Crippen LogP contribution in [-0.2, 0) is 0 Å². The molecule has 60 valence electrons. The summed E-state index contributed by atoms with van der Waals surface area (Å²) in [4.78, 5) is 4.10. The van der Waals surface area contributed by atoms with Gasteiger partial charge in [0, 0.05) is 12.1 Å². The van der Waals surface area contributed by atoms with E-state index in [1.54, 1.807) is 6.07 Å². The predicted molar refractivity (Wildman–Crippen MR) is 50.3 cm³/mol. The first-order chi connectivity index (χ1) is 6.40. The van der Waals surface area contributed by atoms with E-state index in [0.717, 1.165) is 0 Å². The average molecular weight is 237 g/mol. The van der Waals surface area contributed by atoms with Gasteiger partial charge >= 0.3 is 0 Å². The molecule has 0 fully saturated rings. The summed E-state index contributed by atoms with van der Waals surface area (Å²) in [6.45, 7) is 0. The van der Waals surface area contributed by atoms with Gasteiger partial charge in [-0.15, -0.1) is 11.8 Å². The number of nitrogens with zero attached hydrogens (tertiary/aromatic N) is 1. The van der Waals surface area contributed by atoms with Gasteiger partial charge in [0.05, 0.1) is 11.2 Å². The van der Waals surface area contributed by atoms with Crippen molar-refractivity contribution in [3.05, 3.63) is 16.7 Å². The summed E-state index contributed by atoms with van der Waals surface area (Å²) in [5.41, 5.74) is 0. The molecule has 0 spiro atoms. The van der Waals surface area contributed by atoms with Crippen molar-refractivity contribution in [1.82, 2.24) is 4.98 Å². The maximum Gasteiger partial charge on any atom is 0.124 e. The Balaban J connectivity index is 2.92. The third-order valence-corrected chi connectivity index (χ3v) is 2.10. The van der Waals surface area contributed by atoms with Crippen molar-refractivity contribution >= 4 is 27.7 Å². The van der Waals surface area contributed by atoms with E-state index in [0.29, 0.717) is 9.63 Å². The molecule has 0 aliphatic rings. The zero-order valence-corrected chi connectivity index (χ0v) is 8.20. The summed E-state index contributed by atoms with van der Waals surface area (Å²) in [5, 5.41) is 0.707. The van der Waals surface area contributed by atoms with Crippen molar-refractivity contribution in [2.24, 2.45) is 0 Å². The second-order valence-electron chi connectivity index (χ2n) is 1.77. The van der Waals surface area contributed by atoms with Gasteiger partial charge in [-0.2, -0.15) is 0 Å². The highest BCUT2D eigenvalue weighted by Crippen LogP contribution is 2.22. The fourth-order valence-corrected chi connectivity index (χ4v) is 1.57. The summed E-state index contributed by atoms with van der Waals surface area (Å²) in [6.07, 6.45) is 1.86. The van der Waals surface area contributed by atoms with Gasteiger partial charge in [-0.05, 0) is 22.2 Å². The van der Waals surface area contributed by atoms with Gasteiger partial charge in [-0.3, -0.25) is 0 Å². The zero-order valence-electron chi connectivity index (χ0n) is 8.80. The SMILES string of the molecule is [2H]C([2H])([2H])Oc1cc(Br)nc(SC)c1. The molecule has 0 aliphatic heterocycles. The molecule has 0 aromatic carbocycles. The Labute approximate surface area is 82.7 Å². The molecule has 1 aromatic rings. The summed E-state index contributed by atoms with van der Waals surface area (Å²) >= 11 is 4.59. The van der Waals surface area contributed by atoms with Crippen LogP contribution in [0.2, 0.25) is 0 Å². The molecule has 4 heteroatoms. The Kier molecular flexibility index (Phi) is 1.96. The number of methoxy groups -OCH3 is 1. The molecule has 0 N–H and O–H groups in total. The molecule has 0 saturated heterocycles. The lowest BCUT2D eigenvalue weighted by molar-refractivity contribution is 0.412. The van der Waals surface area contributed by atoms with E-state index in [2.05, 4.69) is 20.9 Å². The minimum absolute atomic E-state index is 0.288. The molecule has 0 amide bonds. The van der Waals surface area contributed by atoms with Crippen LogP contribution in [0.5, 0.6) is 5.75 Å². The first-order valence-corrected chi connectivity index (χ1v) is 4.83. The first kappa shape index (κ1) is 5.43. The number of hydrogen-bond acceptors (Lipinski definition) is 3. The van der Waals surface area contributed by atoms with Crippen LogP contribution in [0, 0.1) is 0 Å². The third kappa shape index (κ3) is 2.38. The highest BCUT2D eigenvalue weighted by atomic mass is 79.9. The molecule has 1 rings (SSSR count). The van der Waals surface area contributed by atoms with Crippen molar-refractivity contribution < 1.29 is 8.85 Å². The number of ether oxygens (including phenoxy) is 1. The van der Waals surface area contributed by atoms with Crippen LogP contribution in [0.1, 0.15) is 4.11 Å². The molecule has 0 unspecified atom stereocenters. The molecular weight excluding hydrogens is 226 g/mol. The highest BCUT2D eigenvalue weighted by molar-refractivity contribution is 9.10. The van der Waals surface area contributed by atoms with E-state index in [-0.39, 0.29) is 5.75 Å². The Bertz CT molecular complexity index is 331. The van der Waals surface area contributed by atoms with Crippen LogP contribution in [0.4, 0.5) is 0 Å². The Hall–Kier alpha value is -0.220. The maximum atomic E-state index is 6.94. The summed E-state index contributed by atoms with van der Waals surface area (Å²) in [7, 11) is -2.42. The predicted octanol–water partition coefficient (Wildman–Crippen LogP) is 2.57. The molecule has 0 radical (unpaired) electrons. The van der Waals surface area contributed by atoms with Crippen molar-refractivity contribution in [3.8, 4) is 5.75 Å². The van der Waals surface area contributed by atoms with Crippen molar-refractivity contribution in [2.75, 3.05) is 13.3 Å². The lowest BCUT2D eigenvalue weighted by Crippen LogP contribution is -1.86. The largest absolute Gasteiger partial charge is 0.497 e. The van der Waals surface area contributed by atoms with Gasteiger partial charge < -0.3 is 4.74 Å². The number of aromatic nitrogens is 1. The van der Waals surface area contributed by atoms with E-state index in [9.17, 15) is 0 Å². The fraction of sp³-hybridized carbons (Fsp3) is 0.286. The second kappa shape index (κ2) is 3.97. The van der Waals surface area contributed by atoms with E-state index >= 15 is 0 Å². The smallest absolute Gasteiger partial charge is 0.124 e. The Morgan fingerprint density at radius 3 is 3.18 bits per heavy atom. The van der Waals surface area contributed by atoms with Crippen molar-refractivity contribution in [3.63, 3.8) is 0 Å². The molecule has 2 nitrogen and oxygen atoms in total. The third-order valence-electron chi connectivity index (χ3n) is 1.07. The lowest BCUT2D eigenvalue weighted by Gasteiger charge is -2.01. The van der Waals surface area contributed by atoms with Gasteiger partial charge in [0.25, 0.3) is 0 Å². The van der Waals surface area contributed by atoms with Crippen molar-refractivity contribution in [2.45, 2.75) is 5.03 Å². The topological polar surface area (TPSA) is 22.1 Å². The summed E-state index contributed by atoms with van der Waals surface area (Å²) < 4.78 is 26.1. The normalized spacial score (nSPS) is 14.9. The quantitative estimate of drug-likeness (QED) is 0.583. The monoisotopic (exact) mass is 236 g/mol. The standard InChI is InChI=1S/C7H8BrNOS/c1-10-5-3-6(8)9-7(4-5)11-2/h3-4H,1-2H3/i1D3. The summed E-state index contributed by atoms with van der Waals surface area (Å²) in [6, 6.07) is 3.11. The van der Waals surface area contributed by atoms with E-state index < -0.39 is 7.04 Å². The van der Waals surface area contributed by atoms with Crippen LogP contribution in [0.3, 0.4) is 0 Å². The van der Waals surface area contributed by atoms with Crippen LogP contribution in [0.15, 0.2) is 21.8 Å². The minimum Gasteiger partial charge on any atom is -0.497 e. The lowest BCUT2D eigenvalue weighted by atomic mass is 10.5. The molecule has 11 heavy (non-hydrogen) atoms. The summed E-state index contributed by atoms with van der Waals surface area (Å²) in [5.74, 6) is 0.288. The van der Waals surface area contributed by atoms with E-state index in [1.807, 2.05) is 6.26 Å². The van der Waals surface area contributed by atoms with Crippen LogP contribution >= 0.6 is 27.7 Å². The fourth-order valence-electron chi connectivity index (χ4n) is 0.614. The highest BCUT2D eigenvalue weighted by Gasteiger charge is 1.98. The number of hydrogen-bond donors (Lipinski definition) is 0. The van der Waals surface area contributed by atoms with E-state index in [1.165, 1.54) is 17.8 Å². The van der Waals surface area contributed by atoms with Gasteiger partial charge in [-0.25, -0.2) is 4.98 Å². The molecule has 0 aliphatic carbocycles. The molecular formula is C7H8BrNOS. The zero-order chi connectivity index (χ0) is 10.8. The molecule has 0 bridgehead atoms. The average Bonchev–Trinajstić information content (AvgIpc) is 1.99. The van der Waals surface area contributed by atoms with Crippen molar-refractivity contribution in [1.29, 1.82) is 0 Å². The molecule has 0 atom stereocenters. The maximum absolute atomic E-state index is 6.94. The van der Waals surface area contributed by atoms with E-state index in [4.69, 9.17) is 8.85 Å². The number of halogens is 1. The van der Waals surface area contributed by atoms with Gasteiger partial charge in [0.2, 0.25) is 0 Å². The number of pyridine rings is 1. The van der Waals surface area contributed by atoms with Crippen LogP contribution in [0.25, 0.3) is 0 Å². The first-order valence-electron chi connectivity index (χ1n) is 4.31. The second-order valence-corrected chi connectivity index (χ2v) is 3.41. The van der Waals surface area contributed by atoms with Gasteiger partial charge in [0.1, 0.15) is 15.4 Å². The number of thioether (sulfide) groups is 1. The van der Waals surface area contributed by atoms with Gasteiger partial charge in [-0.1, -0.05) is 0 Å². The van der Waals surface area contributed by atoms with Crippen LogP contribution < -0.4 is 4.74 Å². The molecule has 0 saturated carbocycles. The van der Waals surface area contributed by atoms with Crippen LogP contribution in [-0.4, -0.2) is 18.3 Å².